The molecule has 2 aromatic rings. The lowest BCUT2D eigenvalue weighted by Gasteiger charge is -2.05. The van der Waals surface area contributed by atoms with E-state index in [4.69, 9.17) is 11.6 Å². The van der Waals surface area contributed by atoms with Crippen LogP contribution in [0.2, 0.25) is 5.02 Å². The number of nitro groups is 1. The fourth-order valence-electron chi connectivity index (χ4n) is 1.43. The molecule has 0 aliphatic rings. The molecule has 19 heavy (non-hydrogen) atoms. The van der Waals surface area contributed by atoms with Crippen LogP contribution in [0, 0.1) is 10.1 Å². The van der Waals surface area contributed by atoms with Crippen molar-refractivity contribution in [1.29, 1.82) is 0 Å². The molecular formula is C12H10ClN3O2S. The van der Waals surface area contributed by atoms with E-state index in [-0.39, 0.29) is 5.69 Å². The Labute approximate surface area is 119 Å². The molecule has 0 aliphatic heterocycles. The van der Waals surface area contributed by atoms with E-state index in [1.165, 1.54) is 17.8 Å². The molecule has 98 valence electrons. The minimum absolute atomic E-state index is 0.0241. The van der Waals surface area contributed by atoms with E-state index in [0.29, 0.717) is 15.9 Å². The molecule has 0 fully saturated rings. The fourth-order valence-corrected chi connectivity index (χ4v) is 2.63. The van der Waals surface area contributed by atoms with E-state index >= 15 is 0 Å². The van der Waals surface area contributed by atoms with Crippen LogP contribution in [-0.2, 0) is 0 Å². The molecule has 1 heterocycles. The molecule has 5 nitrogen and oxygen atoms in total. The second-order valence-electron chi connectivity index (χ2n) is 3.59. The summed E-state index contributed by atoms with van der Waals surface area (Å²) in [5.74, 6) is 0.579. The topological polar surface area (TPSA) is 68.1 Å². The van der Waals surface area contributed by atoms with Gasteiger partial charge in [0.25, 0.3) is 0 Å². The van der Waals surface area contributed by atoms with Gasteiger partial charge < -0.3 is 5.32 Å². The third-order valence-corrected chi connectivity index (χ3v) is 3.52. The average molecular weight is 296 g/mol. The van der Waals surface area contributed by atoms with Crippen molar-refractivity contribution in [1.82, 2.24) is 4.98 Å². The third-order valence-electron chi connectivity index (χ3n) is 2.30. The first-order valence-corrected chi connectivity index (χ1v) is 6.56. The normalized spacial score (nSPS) is 10.2. The number of hydrogen-bond acceptors (Lipinski definition) is 5. The Kier molecular flexibility index (Phi) is 4.24. The second-order valence-corrected chi connectivity index (χ2v) is 5.09. The first kappa shape index (κ1) is 13.6. The van der Waals surface area contributed by atoms with Gasteiger partial charge in [-0.3, -0.25) is 10.1 Å². The monoisotopic (exact) mass is 295 g/mol. The van der Waals surface area contributed by atoms with Crippen LogP contribution < -0.4 is 5.32 Å². The quantitative estimate of drug-likeness (QED) is 0.685. The lowest BCUT2D eigenvalue weighted by atomic mass is 10.4. The first-order chi connectivity index (χ1) is 9.10. The van der Waals surface area contributed by atoms with E-state index in [9.17, 15) is 10.1 Å². The van der Waals surface area contributed by atoms with Gasteiger partial charge in [0.15, 0.2) is 5.03 Å². The molecule has 0 radical (unpaired) electrons. The maximum atomic E-state index is 11.0. The van der Waals surface area contributed by atoms with Crippen molar-refractivity contribution < 1.29 is 4.92 Å². The summed E-state index contributed by atoms with van der Waals surface area (Å²) in [7, 11) is 1.71. The molecule has 1 aromatic carbocycles. The van der Waals surface area contributed by atoms with Gasteiger partial charge in [-0.05, 0) is 24.3 Å². The number of nitrogens with zero attached hydrogens (tertiary/aromatic N) is 2. The molecular weight excluding hydrogens is 286 g/mol. The van der Waals surface area contributed by atoms with Crippen LogP contribution in [0.3, 0.4) is 0 Å². The van der Waals surface area contributed by atoms with Gasteiger partial charge in [0, 0.05) is 23.0 Å². The van der Waals surface area contributed by atoms with Crippen LogP contribution in [0.25, 0.3) is 0 Å². The maximum Gasteiger partial charge on any atom is 0.301 e. The van der Waals surface area contributed by atoms with Crippen molar-refractivity contribution >= 4 is 34.9 Å². The lowest BCUT2D eigenvalue weighted by Crippen LogP contribution is -1.97. The number of halogens is 1. The fraction of sp³-hybridized carbons (Fsp3) is 0.0833. The van der Waals surface area contributed by atoms with E-state index < -0.39 is 4.92 Å². The van der Waals surface area contributed by atoms with Gasteiger partial charge >= 0.3 is 5.69 Å². The summed E-state index contributed by atoms with van der Waals surface area (Å²) in [4.78, 5) is 15.5. The summed E-state index contributed by atoms with van der Waals surface area (Å²) in [5, 5.41) is 14.8. The zero-order chi connectivity index (χ0) is 13.8. The molecule has 0 spiro atoms. The van der Waals surface area contributed by atoms with Crippen molar-refractivity contribution in [3.05, 3.63) is 51.5 Å². The Morgan fingerprint density at radius 1 is 1.37 bits per heavy atom. The van der Waals surface area contributed by atoms with Gasteiger partial charge in [-0.2, -0.15) is 0 Å². The highest BCUT2D eigenvalue weighted by atomic mass is 35.5. The molecule has 0 amide bonds. The van der Waals surface area contributed by atoms with Gasteiger partial charge in [-0.1, -0.05) is 29.4 Å². The molecule has 0 atom stereocenters. The molecule has 0 unspecified atom stereocenters. The summed E-state index contributed by atoms with van der Waals surface area (Å²) in [6, 6.07) is 10.1. The van der Waals surface area contributed by atoms with Crippen LogP contribution in [0.5, 0.6) is 0 Å². The minimum atomic E-state index is -0.445. The zero-order valence-electron chi connectivity index (χ0n) is 9.96. The number of hydrogen-bond donors (Lipinski definition) is 1. The van der Waals surface area contributed by atoms with Gasteiger partial charge in [0.1, 0.15) is 5.82 Å². The number of nitrogens with one attached hydrogen (secondary N) is 1. The maximum absolute atomic E-state index is 11.0. The largest absolute Gasteiger partial charge is 0.373 e. The van der Waals surface area contributed by atoms with Crippen molar-refractivity contribution in [3.63, 3.8) is 0 Å². The Hall–Kier alpha value is -1.79. The molecule has 7 heteroatoms. The van der Waals surface area contributed by atoms with Gasteiger partial charge in [0.2, 0.25) is 0 Å². The third kappa shape index (κ3) is 3.36. The highest BCUT2D eigenvalue weighted by molar-refractivity contribution is 7.99. The smallest absolute Gasteiger partial charge is 0.301 e. The van der Waals surface area contributed by atoms with Gasteiger partial charge in [0.05, 0.1) is 4.92 Å². The molecule has 1 N–H and O–H groups in total. The first-order valence-electron chi connectivity index (χ1n) is 5.37. The van der Waals surface area contributed by atoms with E-state index in [1.807, 2.05) is 6.07 Å². The van der Waals surface area contributed by atoms with Crippen LogP contribution >= 0.6 is 23.4 Å². The molecule has 2 rings (SSSR count). The summed E-state index contributed by atoms with van der Waals surface area (Å²) in [6.07, 6.45) is 0. The van der Waals surface area contributed by atoms with Crippen LogP contribution in [0.15, 0.2) is 46.3 Å². The molecule has 0 bridgehead atoms. The Morgan fingerprint density at radius 3 is 2.79 bits per heavy atom. The zero-order valence-corrected chi connectivity index (χ0v) is 11.5. The van der Waals surface area contributed by atoms with Crippen molar-refractivity contribution in [2.45, 2.75) is 9.92 Å². The SMILES string of the molecule is CNc1ccc([N+](=O)[O-])c(Sc2cccc(Cl)c2)n1. The molecule has 0 saturated heterocycles. The number of pyridine rings is 1. The lowest BCUT2D eigenvalue weighted by molar-refractivity contribution is -0.388. The van der Waals surface area contributed by atoms with Crippen molar-refractivity contribution in [2.75, 3.05) is 12.4 Å². The van der Waals surface area contributed by atoms with Crippen LogP contribution in [-0.4, -0.2) is 17.0 Å². The summed E-state index contributed by atoms with van der Waals surface area (Å²) in [6.45, 7) is 0. The Balaban J connectivity index is 2.39. The Morgan fingerprint density at radius 2 is 2.16 bits per heavy atom. The summed E-state index contributed by atoms with van der Waals surface area (Å²) < 4.78 is 0. The predicted octanol–water partition coefficient (Wildman–Crippen LogP) is 3.84. The molecule has 0 aliphatic carbocycles. The number of aromatic nitrogens is 1. The highest BCUT2D eigenvalue weighted by Crippen LogP contribution is 2.34. The van der Waals surface area contributed by atoms with Gasteiger partial charge in [-0.15, -0.1) is 0 Å². The summed E-state index contributed by atoms with van der Waals surface area (Å²) >= 11 is 7.10. The molecule has 0 saturated carbocycles. The van der Waals surface area contributed by atoms with Crippen molar-refractivity contribution in [2.24, 2.45) is 0 Å². The number of rotatable bonds is 4. The average Bonchev–Trinajstić information content (AvgIpc) is 2.38. The highest BCUT2D eigenvalue weighted by Gasteiger charge is 2.17. The van der Waals surface area contributed by atoms with Gasteiger partial charge in [-0.25, -0.2) is 4.98 Å². The molecule has 1 aromatic heterocycles. The standard InChI is InChI=1S/C12H10ClN3O2S/c1-14-11-6-5-10(16(17)18)12(15-11)19-9-4-2-3-8(13)7-9/h2-7H,1H3,(H,14,15). The second kappa shape index (κ2) is 5.90. The van der Waals surface area contributed by atoms with E-state index in [1.54, 1.807) is 31.3 Å². The van der Waals surface area contributed by atoms with Crippen LogP contribution in [0.4, 0.5) is 11.5 Å². The van der Waals surface area contributed by atoms with Crippen molar-refractivity contribution in [3.8, 4) is 0 Å². The summed E-state index contributed by atoms with van der Waals surface area (Å²) in [5.41, 5.74) is -0.0241. The van der Waals surface area contributed by atoms with E-state index in [0.717, 1.165) is 4.90 Å². The number of anilines is 1. The van der Waals surface area contributed by atoms with E-state index in [2.05, 4.69) is 10.3 Å². The minimum Gasteiger partial charge on any atom is -0.373 e. The number of benzene rings is 1. The Bertz CT molecular complexity index is 622. The van der Waals surface area contributed by atoms with Crippen LogP contribution in [0.1, 0.15) is 0 Å². The predicted molar refractivity (Wildman–Crippen MR) is 76.0 cm³/mol.